The van der Waals surface area contributed by atoms with Gasteiger partial charge in [0.1, 0.15) is 11.7 Å². The van der Waals surface area contributed by atoms with Crippen LogP contribution in [0.4, 0.5) is 18.9 Å². The number of halogens is 4. The molecular weight excluding hydrogens is 399 g/mol. The van der Waals surface area contributed by atoms with Gasteiger partial charge in [0, 0.05) is 6.07 Å². The van der Waals surface area contributed by atoms with E-state index in [0.717, 1.165) is 22.9 Å². The summed E-state index contributed by atoms with van der Waals surface area (Å²) in [5, 5.41) is 6.33. The molecule has 0 bridgehead atoms. The molecule has 0 radical (unpaired) electrons. The molecule has 1 aromatic carbocycles. The standard InChI is InChI=1S/C18H13ClF3N3O3/c1-10(25-16(26)7-6-13(24-25)15-3-2-8-28-15)17(27)23-14-9-11(18(20,21)22)4-5-12(14)19/h2-10H,1H3,(H,23,27). The number of hydrogen-bond acceptors (Lipinski definition) is 4. The maximum absolute atomic E-state index is 12.9. The third-order valence-corrected chi connectivity index (χ3v) is 4.23. The quantitative estimate of drug-likeness (QED) is 0.691. The van der Waals surface area contributed by atoms with Crippen LogP contribution in [0.15, 0.2) is 57.9 Å². The van der Waals surface area contributed by atoms with Crippen molar-refractivity contribution in [3.8, 4) is 11.5 Å². The molecule has 10 heteroatoms. The third kappa shape index (κ3) is 4.09. The van der Waals surface area contributed by atoms with E-state index in [2.05, 4.69) is 10.4 Å². The van der Waals surface area contributed by atoms with Crippen molar-refractivity contribution in [3.63, 3.8) is 0 Å². The molecule has 1 atom stereocenters. The van der Waals surface area contributed by atoms with Crippen molar-refractivity contribution in [1.29, 1.82) is 0 Å². The molecule has 1 N–H and O–H groups in total. The number of carbonyl (C=O) groups is 1. The van der Waals surface area contributed by atoms with Gasteiger partial charge in [-0.2, -0.15) is 18.3 Å². The maximum Gasteiger partial charge on any atom is 0.416 e. The highest BCUT2D eigenvalue weighted by Crippen LogP contribution is 2.34. The first-order valence-electron chi connectivity index (χ1n) is 7.98. The number of hydrogen-bond donors (Lipinski definition) is 1. The lowest BCUT2D eigenvalue weighted by molar-refractivity contribution is -0.137. The molecule has 28 heavy (non-hydrogen) atoms. The minimum absolute atomic E-state index is 0.0711. The molecule has 2 aromatic heterocycles. The number of carbonyl (C=O) groups excluding carboxylic acids is 1. The molecule has 2 heterocycles. The second-order valence-electron chi connectivity index (χ2n) is 5.84. The van der Waals surface area contributed by atoms with Gasteiger partial charge in [-0.25, -0.2) is 4.68 Å². The van der Waals surface area contributed by atoms with Gasteiger partial charge in [-0.3, -0.25) is 9.59 Å². The van der Waals surface area contributed by atoms with Crippen molar-refractivity contribution >= 4 is 23.2 Å². The Morgan fingerprint density at radius 2 is 2.00 bits per heavy atom. The van der Waals surface area contributed by atoms with Gasteiger partial charge in [-0.05, 0) is 43.3 Å². The summed E-state index contributed by atoms with van der Waals surface area (Å²) in [6.45, 7) is 1.39. The van der Waals surface area contributed by atoms with Crippen LogP contribution in [0.1, 0.15) is 18.5 Å². The molecule has 0 aliphatic heterocycles. The fraction of sp³-hybridized carbons (Fsp3) is 0.167. The highest BCUT2D eigenvalue weighted by molar-refractivity contribution is 6.33. The molecule has 3 rings (SSSR count). The van der Waals surface area contributed by atoms with Crippen LogP contribution in [0.3, 0.4) is 0 Å². The van der Waals surface area contributed by atoms with E-state index in [4.69, 9.17) is 16.0 Å². The zero-order valence-electron chi connectivity index (χ0n) is 14.3. The Bertz CT molecular complexity index is 1060. The molecule has 0 fully saturated rings. The minimum atomic E-state index is -4.59. The monoisotopic (exact) mass is 411 g/mol. The maximum atomic E-state index is 12.9. The molecule has 3 aromatic rings. The molecular formula is C18H13ClF3N3O3. The number of benzene rings is 1. The number of nitrogens with zero attached hydrogens (tertiary/aromatic N) is 2. The first-order valence-corrected chi connectivity index (χ1v) is 8.36. The van der Waals surface area contributed by atoms with Crippen molar-refractivity contribution in [2.75, 3.05) is 5.32 Å². The van der Waals surface area contributed by atoms with Crippen molar-refractivity contribution in [3.05, 3.63) is 69.7 Å². The molecule has 1 amide bonds. The average molecular weight is 412 g/mol. The van der Waals surface area contributed by atoms with Crippen molar-refractivity contribution in [1.82, 2.24) is 9.78 Å². The van der Waals surface area contributed by atoms with Gasteiger partial charge in [-0.1, -0.05) is 11.6 Å². The van der Waals surface area contributed by atoms with Gasteiger partial charge >= 0.3 is 6.18 Å². The lowest BCUT2D eigenvalue weighted by atomic mass is 10.2. The number of nitrogens with one attached hydrogen (secondary N) is 1. The highest BCUT2D eigenvalue weighted by Gasteiger charge is 2.31. The number of anilines is 1. The number of aromatic nitrogens is 2. The molecule has 0 saturated heterocycles. The number of rotatable bonds is 4. The summed E-state index contributed by atoms with van der Waals surface area (Å²) in [4.78, 5) is 24.6. The van der Waals surface area contributed by atoms with Crippen LogP contribution in [-0.4, -0.2) is 15.7 Å². The largest absolute Gasteiger partial charge is 0.463 e. The van der Waals surface area contributed by atoms with E-state index in [9.17, 15) is 22.8 Å². The van der Waals surface area contributed by atoms with Crippen LogP contribution in [0.5, 0.6) is 0 Å². The Labute approximate surface area is 161 Å². The summed E-state index contributed by atoms with van der Waals surface area (Å²) in [5.74, 6) is -0.366. The summed E-state index contributed by atoms with van der Waals surface area (Å²) in [5.41, 5.74) is -1.42. The lowest BCUT2D eigenvalue weighted by Gasteiger charge is -2.16. The molecule has 0 aliphatic rings. The van der Waals surface area contributed by atoms with Gasteiger partial charge in [-0.15, -0.1) is 0 Å². The first-order chi connectivity index (χ1) is 13.2. The van der Waals surface area contributed by atoms with Crippen LogP contribution in [0.2, 0.25) is 5.02 Å². The second kappa shape index (κ2) is 7.51. The molecule has 0 saturated carbocycles. The first kappa shape index (κ1) is 19.7. The number of furan rings is 1. The summed E-state index contributed by atoms with van der Waals surface area (Å²) < 4.78 is 44.7. The Balaban J connectivity index is 1.88. The zero-order valence-corrected chi connectivity index (χ0v) is 15.1. The van der Waals surface area contributed by atoms with Crippen LogP contribution in [0, 0.1) is 0 Å². The van der Waals surface area contributed by atoms with E-state index in [-0.39, 0.29) is 10.7 Å². The van der Waals surface area contributed by atoms with Crippen LogP contribution >= 0.6 is 11.6 Å². The Morgan fingerprint density at radius 1 is 1.25 bits per heavy atom. The van der Waals surface area contributed by atoms with Gasteiger partial charge in [0.25, 0.3) is 5.56 Å². The molecule has 146 valence electrons. The van der Waals surface area contributed by atoms with E-state index in [0.29, 0.717) is 11.5 Å². The fourth-order valence-corrected chi connectivity index (χ4v) is 2.57. The van der Waals surface area contributed by atoms with Crippen molar-refractivity contribution in [2.45, 2.75) is 19.1 Å². The summed E-state index contributed by atoms with van der Waals surface area (Å²) >= 11 is 5.89. The molecule has 0 spiro atoms. The normalized spacial score (nSPS) is 12.6. The van der Waals surface area contributed by atoms with Gasteiger partial charge < -0.3 is 9.73 Å². The van der Waals surface area contributed by atoms with Crippen molar-refractivity contribution < 1.29 is 22.4 Å². The summed E-state index contributed by atoms with van der Waals surface area (Å²) in [7, 11) is 0. The fourth-order valence-electron chi connectivity index (χ4n) is 2.40. The predicted octanol–water partition coefficient (Wildman–Crippen LogP) is 4.38. The van der Waals surface area contributed by atoms with Gasteiger partial charge in [0.15, 0.2) is 5.76 Å². The van der Waals surface area contributed by atoms with Crippen LogP contribution in [-0.2, 0) is 11.0 Å². The smallest absolute Gasteiger partial charge is 0.416 e. The molecule has 6 nitrogen and oxygen atoms in total. The van der Waals surface area contributed by atoms with Crippen LogP contribution < -0.4 is 10.9 Å². The second-order valence-corrected chi connectivity index (χ2v) is 6.24. The minimum Gasteiger partial charge on any atom is -0.463 e. The Hall–Kier alpha value is -3.07. The lowest BCUT2D eigenvalue weighted by Crippen LogP contribution is -2.33. The van der Waals surface area contributed by atoms with Crippen molar-refractivity contribution in [2.24, 2.45) is 0 Å². The molecule has 1 unspecified atom stereocenters. The van der Waals surface area contributed by atoms with E-state index in [1.165, 1.54) is 25.3 Å². The SMILES string of the molecule is CC(C(=O)Nc1cc(C(F)(F)F)ccc1Cl)n1nc(-c2ccco2)ccc1=O. The van der Waals surface area contributed by atoms with Gasteiger partial charge in [0.05, 0.1) is 22.5 Å². The number of amides is 1. The topological polar surface area (TPSA) is 77.1 Å². The van der Waals surface area contributed by atoms with E-state index in [1.54, 1.807) is 12.1 Å². The Kier molecular flexibility index (Phi) is 5.28. The van der Waals surface area contributed by atoms with E-state index < -0.39 is 29.2 Å². The average Bonchev–Trinajstić information content (AvgIpc) is 3.17. The number of alkyl halides is 3. The highest BCUT2D eigenvalue weighted by atomic mass is 35.5. The van der Waals surface area contributed by atoms with E-state index in [1.807, 2.05) is 0 Å². The Morgan fingerprint density at radius 3 is 2.64 bits per heavy atom. The summed E-state index contributed by atoms with van der Waals surface area (Å²) in [6.07, 6.45) is -3.16. The predicted molar refractivity (Wildman–Crippen MR) is 96.0 cm³/mol. The third-order valence-electron chi connectivity index (χ3n) is 3.90. The molecule has 0 aliphatic carbocycles. The summed E-state index contributed by atoms with van der Waals surface area (Å²) in [6, 6.07) is 7.36. The van der Waals surface area contributed by atoms with Gasteiger partial charge in [0.2, 0.25) is 5.91 Å². The zero-order chi connectivity index (χ0) is 20.5. The van der Waals surface area contributed by atoms with Crippen LogP contribution in [0.25, 0.3) is 11.5 Å². The van der Waals surface area contributed by atoms with E-state index >= 15 is 0 Å².